The molecule has 0 saturated carbocycles. The summed E-state index contributed by atoms with van der Waals surface area (Å²) in [7, 11) is 0. The Labute approximate surface area is 426 Å². The zero-order valence-electron chi connectivity index (χ0n) is 41.0. The topological polar surface area (TPSA) is 57.4 Å². The fourth-order valence-corrected chi connectivity index (χ4v) is 10.6. The summed E-state index contributed by atoms with van der Waals surface area (Å²) in [4.78, 5) is 0. The number of nitrogens with zero attached hydrogens (tertiary/aromatic N) is 4. The number of fused-ring (bicyclic) bond motifs is 6. The summed E-state index contributed by atoms with van der Waals surface area (Å²) in [5.74, 6) is 0. The summed E-state index contributed by atoms with van der Waals surface area (Å²) >= 11 is 0. The molecule has 0 fully saturated rings. The predicted molar refractivity (Wildman–Crippen MR) is 296 cm³/mol. The van der Waals surface area contributed by atoms with E-state index in [1.165, 1.54) is 6.07 Å². The highest BCUT2D eigenvalue weighted by atomic mass is 19.4. The van der Waals surface area contributed by atoms with Gasteiger partial charge in [-0.3, -0.25) is 0 Å². The molecule has 7 heteroatoms. The van der Waals surface area contributed by atoms with Gasteiger partial charge < -0.3 is 9.13 Å². The molecule has 0 atom stereocenters. The minimum Gasteiger partial charge on any atom is -0.308 e. The van der Waals surface area contributed by atoms with Crippen LogP contribution in [-0.4, -0.2) is 9.13 Å². The molecular weight excluding hydrogens is 918 g/mol. The van der Waals surface area contributed by atoms with Crippen molar-refractivity contribution in [3.05, 3.63) is 239 Å². The summed E-state index contributed by atoms with van der Waals surface area (Å²) in [6.07, 6.45) is -4.73. The number of alkyl halides is 3. The first-order chi connectivity index (χ1) is 35.8. The first-order valence-corrected chi connectivity index (χ1v) is 24.5. The first kappa shape index (κ1) is 45.7. The Balaban J connectivity index is 1.22. The summed E-state index contributed by atoms with van der Waals surface area (Å²) in [5, 5.41) is 25.7. The van der Waals surface area contributed by atoms with Crippen molar-refractivity contribution < 1.29 is 13.2 Å². The molecule has 354 valence electrons. The van der Waals surface area contributed by atoms with Gasteiger partial charge in [0, 0.05) is 32.7 Å². The Morgan fingerprint density at radius 2 is 0.662 bits per heavy atom. The third kappa shape index (κ3) is 7.87. The Bertz CT molecular complexity index is 3870. The molecule has 12 rings (SSSR count). The lowest BCUT2D eigenvalue weighted by Gasteiger charge is -2.22. The standard InChI is InChI=1S/C67H45F3N4/c1-40-5-13-45(14-6-40)49-22-27-60-56(33-49)57-34-50(46-15-7-41(2)8-16-46)23-28-61(57)73(60)64-31-44(38-71)32-65(66(64)55-37-54(67(68,69)70)26-21-53(55)39-72)74-62-29-24-51(47-17-9-42(3)10-18-47)35-58(62)59-36-52(25-30-63(59)74)48-19-11-43(4)12-20-48/h5-37H,1-4H3. The molecule has 2 heterocycles. The van der Waals surface area contributed by atoms with Gasteiger partial charge in [0.2, 0.25) is 0 Å². The summed E-state index contributed by atoms with van der Waals surface area (Å²) in [6.45, 7) is 8.23. The lowest BCUT2D eigenvalue weighted by molar-refractivity contribution is -0.137. The quantitative estimate of drug-likeness (QED) is 0.160. The van der Waals surface area contributed by atoms with Crippen LogP contribution in [-0.2, 0) is 6.18 Å². The molecule has 0 bridgehead atoms. The highest BCUT2D eigenvalue weighted by Gasteiger charge is 2.33. The number of benzene rings is 10. The van der Waals surface area contributed by atoms with Crippen molar-refractivity contribution in [3.8, 4) is 79.1 Å². The van der Waals surface area contributed by atoms with E-state index in [4.69, 9.17) is 0 Å². The van der Waals surface area contributed by atoms with Crippen LogP contribution in [0.15, 0.2) is 200 Å². The van der Waals surface area contributed by atoms with Gasteiger partial charge in [0.1, 0.15) is 0 Å². The molecule has 0 N–H and O–H groups in total. The van der Waals surface area contributed by atoms with E-state index in [0.29, 0.717) is 16.9 Å². The number of nitriles is 2. The lowest BCUT2D eigenvalue weighted by Crippen LogP contribution is -2.08. The van der Waals surface area contributed by atoms with Crippen LogP contribution in [0.1, 0.15) is 38.9 Å². The van der Waals surface area contributed by atoms with Crippen molar-refractivity contribution in [3.63, 3.8) is 0 Å². The van der Waals surface area contributed by atoms with Crippen molar-refractivity contribution in [1.82, 2.24) is 9.13 Å². The minimum atomic E-state index is -4.73. The molecule has 0 spiro atoms. The Morgan fingerprint density at radius 3 is 0.946 bits per heavy atom. The molecule has 0 aliphatic rings. The molecule has 0 unspecified atom stereocenters. The van der Waals surface area contributed by atoms with Gasteiger partial charge in [-0.15, -0.1) is 0 Å². The van der Waals surface area contributed by atoms with Crippen LogP contribution in [0.4, 0.5) is 13.2 Å². The van der Waals surface area contributed by atoms with Gasteiger partial charge in [0.05, 0.1) is 62.3 Å². The van der Waals surface area contributed by atoms with Crippen LogP contribution in [0.25, 0.3) is 111 Å². The maximum absolute atomic E-state index is 15.1. The number of rotatable bonds is 7. The van der Waals surface area contributed by atoms with E-state index in [0.717, 1.165) is 123 Å². The summed E-state index contributed by atoms with van der Waals surface area (Å²) < 4.78 is 49.4. The number of hydrogen-bond donors (Lipinski definition) is 0. The molecule has 0 aliphatic heterocycles. The highest BCUT2D eigenvalue weighted by Crippen LogP contribution is 2.47. The van der Waals surface area contributed by atoms with Crippen molar-refractivity contribution >= 4 is 43.6 Å². The number of halogens is 3. The van der Waals surface area contributed by atoms with Gasteiger partial charge in [0.15, 0.2) is 0 Å². The van der Waals surface area contributed by atoms with Gasteiger partial charge >= 0.3 is 6.18 Å². The largest absolute Gasteiger partial charge is 0.416 e. The van der Waals surface area contributed by atoms with Gasteiger partial charge in [-0.25, -0.2) is 0 Å². The van der Waals surface area contributed by atoms with Gasteiger partial charge in [-0.05, 0) is 151 Å². The number of aryl methyl sites for hydroxylation is 4. The van der Waals surface area contributed by atoms with E-state index >= 15 is 13.2 Å². The SMILES string of the molecule is Cc1ccc(-c2ccc3c(c2)c2cc(-c4ccc(C)cc4)ccc2n3-c2cc(C#N)cc(-n3c4ccc(-c5ccc(C)cc5)cc4c4cc(-c5ccc(C)cc5)ccc43)c2-c2cc(C(F)(F)F)ccc2C#N)cc1. The maximum Gasteiger partial charge on any atom is 0.416 e. The summed E-state index contributed by atoms with van der Waals surface area (Å²) in [6, 6.07) is 70.1. The van der Waals surface area contributed by atoms with Gasteiger partial charge in [-0.1, -0.05) is 144 Å². The Morgan fingerprint density at radius 1 is 0.351 bits per heavy atom. The molecule has 4 nitrogen and oxygen atoms in total. The first-order valence-electron chi connectivity index (χ1n) is 24.5. The second-order valence-electron chi connectivity index (χ2n) is 19.4. The Hall–Kier alpha value is -9.43. The number of hydrogen-bond acceptors (Lipinski definition) is 2. The van der Waals surface area contributed by atoms with E-state index in [2.05, 4.69) is 219 Å². The third-order valence-corrected chi connectivity index (χ3v) is 14.5. The third-order valence-electron chi connectivity index (χ3n) is 14.5. The van der Waals surface area contributed by atoms with Gasteiger partial charge in [0.25, 0.3) is 0 Å². The van der Waals surface area contributed by atoms with Crippen molar-refractivity contribution in [2.24, 2.45) is 0 Å². The van der Waals surface area contributed by atoms with Crippen LogP contribution >= 0.6 is 0 Å². The van der Waals surface area contributed by atoms with Crippen LogP contribution < -0.4 is 0 Å². The zero-order valence-corrected chi connectivity index (χ0v) is 41.0. The van der Waals surface area contributed by atoms with Crippen molar-refractivity contribution in [2.45, 2.75) is 33.9 Å². The average molecular weight is 963 g/mol. The normalized spacial score (nSPS) is 11.7. The highest BCUT2D eigenvalue weighted by molar-refractivity contribution is 6.14. The molecule has 0 radical (unpaired) electrons. The summed E-state index contributed by atoms with van der Waals surface area (Å²) in [5.41, 5.74) is 16.6. The fourth-order valence-electron chi connectivity index (χ4n) is 10.6. The van der Waals surface area contributed by atoms with E-state index in [1.54, 1.807) is 12.1 Å². The van der Waals surface area contributed by atoms with Crippen LogP contribution in [0.2, 0.25) is 0 Å². The minimum absolute atomic E-state index is 0.0540. The molecule has 0 amide bonds. The molecule has 12 aromatic rings. The second kappa shape index (κ2) is 17.7. The number of aromatic nitrogens is 2. The van der Waals surface area contributed by atoms with Crippen molar-refractivity contribution in [1.29, 1.82) is 10.5 Å². The molecule has 0 saturated heterocycles. The lowest BCUT2D eigenvalue weighted by atomic mass is 9.93. The van der Waals surface area contributed by atoms with Gasteiger partial charge in [-0.2, -0.15) is 23.7 Å². The smallest absolute Gasteiger partial charge is 0.308 e. The van der Waals surface area contributed by atoms with E-state index in [1.807, 2.05) is 0 Å². The van der Waals surface area contributed by atoms with Crippen LogP contribution in [0.3, 0.4) is 0 Å². The molecule has 10 aromatic carbocycles. The zero-order chi connectivity index (χ0) is 51.0. The predicted octanol–water partition coefficient (Wildman–Crippen LogP) is 18.2. The second-order valence-corrected chi connectivity index (χ2v) is 19.4. The maximum atomic E-state index is 15.1. The van der Waals surface area contributed by atoms with Crippen molar-refractivity contribution in [2.75, 3.05) is 0 Å². The molecular formula is C67H45F3N4. The van der Waals surface area contributed by atoms with Crippen LogP contribution in [0, 0.1) is 50.4 Å². The van der Waals surface area contributed by atoms with E-state index in [9.17, 15) is 10.5 Å². The fraction of sp³-hybridized carbons (Fsp3) is 0.0746. The monoisotopic (exact) mass is 962 g/mol. The Kier molecular flexibility index (Phi) is 10.9. The van der Waals surface area contributed by atoms with E-state index < -0.39 is 11.7 Å². The van der Waals surface area contributed by atoms with E-state index in [-0.39, 0.29) is 16.7 Å². The molecule has 74 heavy (non-hydrogen) atoms. The average Bonchev–Trinajstić information content (AvgIpc) is 3.93. The van der Waals surface area contributed by atoms with Crippen LogP contribution in [0.5, 0.6) is 0 Å². The molecule has 2 aromatic heterocycles. The molecule has 0 aliphatic carbocycles.